The van der Waals surface area contributed by atoms with Gasteiger partial charge in [0.25, 0.3) is 5.56 Å². The standard InChI is InChI=1S/C11H7F3N2O4S/c12-11(13,14)21(18,19)20-9-3-6-16(10(17)7-9)8-1-4-15-5-2-8/h1-7H. The highest BCUT2D eigenvalue weighted by molar-refractivity contribution is 7.87. The average molecular weight is 320 g/mol. The molecule has 0 aliphatic rings. The lowest BCUT2D eigenvalue weighted by Crippen LogP contribution is -2.28. The first-order chi connectivity index (χ1) is 9.71. The summed E-state index contributed by atoms with van der Waals surface area (Å²) in [5.74, 6) is -0.720. The molecule has 0 spiro atoms. The van der Waals surface area contributed by atoms with Gasteiger partial charge in [0.05, 0.1) is 5.69 Å². The van der Waals surface area contributed by atoms with Crippen LogP contribution in [0.15, 0.2) is 47.7 Å². The summed E-state index contributed by atoms with van der Waals surface area (Å²) in [7, 11) is -5.80. The molecule has 2 aromatic heterocycles. The Morgan fingerprint density at radius 2 is 1.76 bits per heavy atom. The van der Waals surface area contributed by atoms with E-state index in [0.29, 0.717) is 11.8 Å². The van der Waals surface area contributed by atoms with E-state index in [9.17, 15) is 26.4 Å². The molecule has 0 aromatic carbocycles. The van der Waals surface area contributed by atoms with E-state index in [1.807, 2.05) is 0 Å². The number of aromatic nitrogens is 2. The van der Waals surface area contributed by atoms with E-state index >= 15 is 0 Å². The number of rotatable bonds is 3. The summed E-state index contributed by atoms with van der Waals surface area (Å²) in [6.45, 7) is 0. The minimum absolute atomic E-state index is 0.417. The summed E-state index contributed by atoms with van der Waals surface area (Å²) in [4.78, 5) is 15.5. The molecule has 0 fully saturated rings. The fourth-order valence-electron chi connectivity index (χ4n) is 1.40. The number of hydrogen-bond donors (Lipinski definition) is 0. The molecule has 0 aliphatic heterocycles. The third kappa shape index (κ3) is 3.21. The summed E-state index contributed by atoms with van der Waals surface area (Å²) in [6.07, 6.45) is 3.93. The van der Waals surface area contributed by atoms with Gasteiger partial charge in [0.1, 0.15) is 5.75 Å². The van der Waals surface area contributed by atoms with E-state index < -0.39 is 26.9 Å². The minimum atomic E-state index is -5.80. The number of pyridine rings is 2. The summed E-state index contributed by atoms with van der Waals surface area (Å²) < 4.78 is 63.1. The fraction of sp³-hybridized carbons (Fsp3) is 0.0909. The van der Waals surface area contributed by atoms with Crippen LogP contribution in [0, 0.1) is 0 Å². The van der Waals surface area contributed by atoms with E-state index in [-0.39, 0.29) is 0 Å². The molecule has 10 heteroatoms. The van der Waals surface area contributed by atoms with Crippen LogP contribution in [0.25, 0.3) is 5.69 Å². The largest absolute Gasteiger partial charge is 0.534 e. The first-order valence-electron chi connectivity index (χ1n) is 5.34. The molecule has 21 heavy (non-hydrogen) atoms. The first-order valence-corrected chi connectivity index (χ1v) is 6.75. The van der Waals surface area contributed by atoms with Gasteiger partial charge in [0.15, 0.2) is 0 Å². The van der Waals surface area contributed by atoms with Crippen molar-refractivity contribution in [3.05, 3.63) is 53.2 Å². The normalized spacial score (nSPS) is 12.1. The number of halogens is 3. The van der Waals surface area contributed by atoms with Gasteiger partial charge < -0.3 is 4.18 Å². The molecule has 2 heterocycles. The van der Waals surface area contributed by atoms with Crippen LogP contribution in [0.2, 0.25) is 0 Å². The van der Waals surface area contributed by atoms with E-state index in [0.717, 1.165) is 16.8 Å². The average Bonchev–Trinajstić information content (AvgIpc) is 2.38. The van der Waals surface area contributed by atoms with Gasteiger partial charge in [0.2, 0.25) is 0 Å². The number of nitrogens with zero attached hydrogens (tertiary/aromatic N) is 2. The van der Waals surface area contributed by atoms with Crippen LogP contribution in [0.3, 0.4) is 0 Å². The Labute approximate surface area is 116 Å². The highest BCUT2D eigenvalue weighted by Crippen LogP contribution is 2.26. The monoisotopic (exact) mass is 320 g/mol. The molecule has 0 saturated carbocycles. The minimum Gasteiger partial charge on any atom is -0.376 e. The van der Waals surface area contributed by atoms with Crippen molar-refractivity contribution >= 4 is 10.1 Å². The zero-order chi connectivity index (χ0) is 15.7. The van der Waals surface area contributed by atoms with Gasteiger partial charge in [-0.25, -0.2) is 0 Å². The molecule has 2 aromatic rings. The molecule has 0 atom stereocenters. The van der Waals surface area contributed by atoms with Crippen molar-refractivity contribution in [3.63, 3.8) is 0 Å². The summed E-state index contributed by atoms with van der Waals surface area (Å²) in [5, 5.41) is 0. The predicted octanol–water partition coefficient (Wildman–Crippen LogP) is 1.46. The highest BCUT2D eigenvalue weighted by atomic mass is 32.2. The molecular weight excluding hydrogens is 313 g/mol. The van der Waals surface area contributed by atoms with Gasteiger partial charge in [-0.1, -0.05) is 0 Å². The number of hydrogen-bond acceptors (Lipinski definition) is 5. The van der Waals surface area contributed by atoms with Crippen LogP contribution in [0.1, 0.15) is 0 Å². The SMILES string of the molecule is O=c1cc(OS(=O)(=O)C(F)(F)F)ccn1-c1ccncc1. The summed E-state index contributed by atoms with van der Waals surface area (Å²) in [6, 6.07) is 4.57. The van der Waals surface area contributed by atoms with Crippen LogP contribution in [0.4, 0.5) is 13.2 Å². The maximum Gasteiger partial charge on any atom is 0.534 e. The lowest BCUT2D eigenvalue weighted by molar-refractivity contribution is -0.0500. The van der Waals surface area contributed by atoms with Crippen LogP contribution in [-0.4, -0.2) is 23.5 Å². The first kappa shape index (κ1) is 15.0. The quantitative estimate of drug-likeness (QED) is 0.632. The molecule has 2 rings (SSSR count). The lowest BCUT2D eigenvalue weighted by Gasteiger charge is -2.10. The van der Waals surface area contributed by atoms with Crippen molar-refractivity contribution in [1.29, 1.82) is 0 Å². The van der Waals surface area contributed by atoms with Gasteiger partial charge in [0, 0.05) is 24.7 Å². The van der Waals surface area contributed by atoms with E-state index in [2.05, 4.69) is 9.17 Å². The Morgan fingerprint density at radius 1 is 1.14 bits per heavy atom. The van der Waals surface area contributed by atoms with E-state index in [1.165, 1.54) is 24.5 Å². The molecule has 0 amide bonds. The number of alkyl halides is 3. The Kier molecular flexibility index (Phi) is 3.73. The van der Waals surface area contributed by atoms with Gasteiger partial charge in [-0.05, 0) is 18.2 Å². The zero-order valence-corrected chi connectivity index (χ0v) is 10.9. The van der Waals surface area contributed by atoms with Crippen LogP contribution < -0.4 is 9.74 Å². The molecule has 0 N–H and O–H groups in total. The predicted molar refractivity (Wildman–Crippen MR) is 65.4 cm³/mol. The van der Waals surface area contributed by atoms with Crippen molar-refractivity contribution in [1.82, 2.24) is 9.55 Å². The van der Waals surface area contributed by atoms with Gasteiger partial charge in [-0.3, -0.25) is 14.3 Å². The van der Waals surface area contributed by atoms with Crippen molar-refractivity contribution in [3.8, 4) is 11.4 Å². The summed E-state index contributed by atoms with van der Waals surface area (Å²) in [5.41, 5.74) is -5.90. The molecule has 0 saturated heterocycles. The van der Waals surface area contributed by atoms with Crippen molar-refractivity contribution in [2.45, 2.75) is 5.51 Å². The molecule has 0 bridgehead atoms. The van der Waals surface area contributed by atoms with E-state index in [4.69, 9.17) is 0 Å². The molecule has 0 unspecified atom stereocenters. The Bertz CT molecular complexity index is 800. The zero-order valence-electron chi connectivity index (χ0n) is 10.1. The summed E-state index contributed by atoms with van der Waals surface area (Å²) >= 11 is 0. The second-order valence-corrected chi connectivity index (χ2v) is 5.30. The molecule has 0 aliphatic carbocycles. The van der Waals surface area contributed by atoms with Gasteiger partial charge >= 0.3 is 15.6 Å². The van der Waals surface area contributed by atoms with Gasteiger partial charge in [-0.2, -0.15) is 21.6 Å². The second kappa shape index (κ2) is 5.20. The fourth-order valence-corrected chi connectivity index (χ4v) is 1.86. The van der Waals surface area contributed by atoms with Crippen molar-refractivity contribution in [2.75, 3.05) is 0 Å². The third-order valence-electron chi connectivity index (χ3n) is 2.32. The molecular formula is C11H7F3N2O4S. The van der Waals surface area contributed by atoms with E-state index in [1.54, 1.807) is 0 Å². The Hall–Kier alpha value is -2.36. The van der Waals surface area contributed by atoms with Crippen LogP contribution in [0.5, 0.6) is 5.75 Å². The lowest BCUT2D eigenvalue weighted by atomic mass is 10.3. The Morgan fingerprint density at radius 3 is 2.29 bits per heavy atom. The smallest absolute Gasteiger partial charge is 0.376 e. The van der Waals surface area contributed by atoms with Crippen LogP contribution >= 0.6 is 0 Å². The topological polar surface area (TPSA) is 78.3 Å². The second-order valence-electron chi connectivity index (χ2n) is 3.76. The van der Waals surface area contributed by atoms with Crippen molar-refractivity contribution in [2.24, 2.45) is 0 Å². The van der Waals surface area contributed by atoms with Gasteiger partial charge in [-0.15, -0.1) is 0 Å². The molecule has 112 valence electrons. The third-order valence-corrected chi connectivity index (χ3v) is 3.30. The molecule has 6 nitrogen and oxygen atoms in total. The Balaban J connectivity index is 2.36. The van der Waals surface area contributed by atoms with Crippen LogP contribution in [-0.2, 0) is 10.1 Å². The maximum atomic E-state index is 12.2. The highest BCUT2D eigenvalue weighted by Gasteiger charge is 2.48. The van der Waals surface area contributed by atoms with Crippen molar-refractivity contribution < 1.29 is 25.8 Å². The molecule has 0 radical (unpaired) electrons. The maximum absolute atomic E-state index is 12.2.